The van der Waals surface area contributed by atoms with Crippen LogP contribution in [-0.2, 0) is 16.8 Å². The van der Waals surface area contributed by atoms with Gasteiger partial charge in [0.25, 0.3) is 5.91 Å². The first-order chi connectivity index (χ1) is 21.3. The summed E-state index contributed by atoms with van der Waals surface area (Å²) in [6.07, 6.45) is -4.55. The van der Waals surface area contributed by atoms with E-state index in [0.29, 0.717) is 0 Å². The normalized spacial score (nSPS) is 14.7. The largest absolute Gasteiger partial charge is 0.494 e. The summed E-state index contributed by atoms with van der Waals surface area (Å²) in [4.78, 5) is 29.1. The van der Waals surface area contributed by atoms with Gasteiger partial charge in [0, 0.05) is 16.7 Å². The Labute approximate surface area is 252 Å². The third kappa shape index (κ3) is 6.12. The monoisotopic (exact) mass is 633 g/mol. The van der Waals surface area contributed by atoms with Gasteiger partial charge < -0.3 is 25.6 Å². The van der Waals surface area contributed by atoms with E-state index in [0.717, 1.165) is 37.1 Å². The van der Waals surface area contributed by atoms with Crippen molar-refractivity contribution in [3.05, 3.63) is 71.1 Å². The quantitative estimate of drug-likeness (QED) is 0.209. The Bertz CT molecular complexity index is 1770. The maximum absolute atomic E-state index is 15.1. The van der Waals surface area contributed by atoms with E-state index < -0.39 is 54.0 Å². The molecule has 1 atom stereocenters. The van der Waals surface area contributed by atoms with Crippen molar-refractivity contribution in [2.24, 2.45) is 5.73 Å². The number of pyridine rings is 1. The summed E-state index contributed by atoms with van der Waals surface area (Å²) in [6, 6.07) is 7.58. The first kappa shape index (κ1) is 31.6. The van der Waals surface area contributed by atoms with Crippen molar-refractivity contribution in [2.45, 2.75) is 44.0 Å². The summed E-state index contributed by atoms with van der Waals surface area (Å²) in [5, 5.41) is 17.4. The van der Waals surface area contributed by atoms with Crippen molar-refractivity contribution in [1.82, 2.24) is 20.1 Å². The maximum Gasteiger partial charge on any atom is 0.424 e. The maximum atomic E-state index is 15.1. The average molecular weight is 634 g/mol. The number of carbonyl (C=O) groups is 2. The fraction of sp³-hybridized carbons (Fsp3) is 0.333. The molecule has 1 aliphatic carbocycles. The molecule has 5 rings (SSSR count). The molecule has 0 bridgehead atoms. The van der Waals surface area contributed by atoms with Crippen LogP contribution in [0.4, 0.5) is 22.0 Å². The number of aliphatic hydroxyl groups is 1. The van der Waals surface area contributed by atoms with Gasteiger partial charge in [0.1, 0.15) is 28.5 Å². The van der Waals surface area contributed by atoms with E-state index in [-0.39, 0.29) is 57.4 Å². The molecule has 4 N–H and O–H groups in total. The van der Waals surface area contributed by atoms with Gasteiger partial charge >= 0.3 is 6.18 Å². The van der Waals surface area contributed by atoms with E-state index in [2.05, 4.69) is 15.4 Å². The number of aromatic nitrogens is 3. The second-order valence-electron chi connectivity index (χ2n) is 10.5. The topological polar surface area (TPSA) is 142 Å². The van der Waals surface area contributed by atoms with Crippen LogP contribution in [0.25, 0.3) is 22.2 Å². The third-order valence-corrected chi connectivity index (χ3v) is 7.30. The molecular formula is C30H28F5N5O5. The number of carbonyl (C=O) groups excluding carboxylic acids is 2. The van der Waals surface area contributed by atoms with Crippen LogP contribution in [0.5, 0.6) is 11.5 Å². The number of nitrogens with one attached hydrogen (secondary N) is 1. The number of halogens is 5. The molecule has 1 aliphatic rings. The van der Waals surface area contributed by atoms with Crippen molar-refractivity contribution in [3.8, 4) is 22.8 Å². The number of hydrogen-bond acceptors (Lipinski definition) is 7. The number of ether oxygens (including phenoxy) is 2. The summed E-state index contributed by atoms with van der Waals surface area (Å²) in [5.41, 5.74) is 0.224. The number of nitrogens with two attached hydrogens (primary N) is 1. The lowest BCUT2D eigenvalue weighted by Gasteiger charge is -2.31. The molecule has 2 aromatic carbocycles. The molecular weight excluding hydrogens is 605 g/mol. The Balaban J connectivity index is 1.56. The lowest BCUT2D eigenvalue weighted by atomic mass is 9.93. The third-order valence-electron chi connectivity index (χ3n) is 7.30. The molecule has 2 aromatic heterocycles. The zero-order chi connectivity index (χ0) is 32.7. The molecule has 1 saturated carbocycles. The molecule has 10 nitrogen and oxygen atoms in total. The van der Waals surface area contributed by atoms with Gasteiger partial charge in [0.05, 0.1) is 43.8 Å². The van der Waals surface area contributed by atoms with Gasteiger partial charge in [-0.25, -0.2) is 14.1 Å². The Kier molecular flexibility index (Phi) is 8.40. The summed E-state index contributed by atoms with van der Waals surface area (Å²) < 4.78 is 84.7. The predicted molar refractivity (Wildman–Crippen MR) is 150 cm³/mol. The highest BCUT2D eigenvalue weighted by Crippen LogP contribution is 2.42. The minimum atomic E-state index is -5.41. The highest BCUT2D eigenvalue weighted by atomic mass is 19.4. The molecule has 238 valence electrons. The molecule has 0 aliphatic heterocycles. The van der Waals surface area contributed by atoms with Crippen molar-refractivity contribution in [2.75, 3.05) is 20.3 Å². The Morgan fingerprint density at radius 3 is 2.40 bits per heavy atom. The summed E-state index contributed by atoms with van der Waals surface area (Å²) in [6.45, 7) is 0.182. The van der Waals surface area contributed by atoms with Crippen LogP contribution >= 0.6 is 0 Å². The molecule has 4 aromatic rings. The van der Waals surface area contributed by atoms with E-state index in [1.165, 1.54) is 30.0 Å². The summed E-state index contributed by atoms with van der Waals surface area (Å²) in [5.74, 6) is -3.41. The minimum Gasteiger partial charge on any atom is -0.494 e. The van der Waals surface area contributed by atoms with Crippen molar-refractivity contribution < 1.29 is 46.1 Å². The molecule has 1 fully saturated rings. The van der Waals surface area contributed by atoms with Crippen LogP contribution in [0.15, 0.2) is 42.5 Å². The molecule has 0 spiro atoms. The van der Waals surface area contributed by atoms with Crippen LogP contribution < -0.4 is 20.5 Å². The lowest BCUT2D eigenvalue weighted by molar-refractivity contribution is -0.265. The van der Waals surface area contributed by atoms with Crippen molar-refractivity contribution in [1.29, 1.82) is 0 Å². The van der Waals surface area contributed by atoms with Gasteiger partial charge in [0.2, 0.25) is 17.5 Å². The number of benzene rings is 2. The van der Waals surface area contributed by atoms with Gasteiger partial charge in [-0.15, -0.1) is 0 Å². The molecule has 2 amide bonds. The molecule has 2 heterocycles. The standard InChI is InChI=1S/C30H28F5N5O5/c1-3-45-26-16(13-23(36)41)12-22(38-24(26)15-4-6-18(31)7-5-15)29(43,30(33,34)35)14-37-28(42)17-10-20-25(21(11-17)44-2)39-40(27(20)32)19-8-9-19/h4-7,10-12,19,43H,3,8-9,13-14H2,1-2H3,(H2,36,41)(H,37,42)/t29-/m0/s1. The van der Waals surface area contributed by atoms with Crippen LogP contribution in [0.2, 0.25) is 0 Å². The first-order valence-electron chi connectivity index (χ1n) is 13.8. The van der Waals surface area contributed by atoms with Crippen molar-refractivity contribution >= 4 is 22.7 Å². The summed E-state index contributed by atoms with van der Waals surface area (Å²) >= 11 is 0. The second kappa shape index (κ2) is 12.0. The molecule has 0 saturated heterocycles. The minimum absolute atomic E-state index is 0.0224. The van der Waals surface area contributed by atoms with Gasteiger partial charge in [-0.05, 0) is 62.2 Å². The number of hydrogen-bond donors (Lipinski definition) is 3. The fourth-order valence-corrected chi connectivity index (χ4v) is 4.86. The van der Waals surface area contributed by atoms with E-state index in [1.54, 1.807) is 6.92 Å². The zero-order valence-corrected chi connectivity index (χ0v) is 24.0. The number of alkyl halides is 3. The van der Waals surface area contributed by atoms with Gasteiger partial charge in [0.15, 0.2) is 0 Å². The number of nitrogens with zero attached hydrogens (tertiary/aromatic N) is 3. The predicted octanol–water partition coefficient (Wildman–Crippen LogP) is 4.33. The Hall–Kier alpha value is -4.79. The molecule has 0 unspecified atom stereocenters. The highest BCUT2D eigenvalue weighted by molar-refractivity contribution is 6.00. The SMILES string of the molecule is CCOc1c(CC(N)=O)cc([C@@](O)(CNC(=O)c2cc(OC)c3nn(C4CC4)c(F)c3c2)C(F)(F)F)nc1-c1ccc(F)cc1. The van der Waals surface area contributed by atoms with Gasteiger partial charge in [-0.2, -0.15) is 22.7 Å². The van der Waals surface area contributed by atoms with Gasteiger partial charge in [-0.3, -0.25) is 9.59 Å². The molecule has 15 heteroatoms. The number of rotatable bonds is 11. The van der Waals surface area contributed by atoms with Crippen LogP contribution in [-0.4, -0.2) is 58.1 Å². The average Bonchev–Trinajstić information content (AvgIpc) is 3.78. The smallest absolute Gasteiger partial charge is 0.424 e. The van der Waals surface area contributed by atoms with E-state index in [9.17, 15) is 32.3 Å². The number of amides is 2. The van der Waals surface area contributed by atoms with Crippen LogP contribution in [0.3, 0.4) is 0 Å². The lowest BCUT2D eigenvalue weighted by Crippen LogP contribution is -2.51. The Morgan fingerprint density at radius 2 is 1.82 bits per heavy atom. The van der Waals surface area contributed by atoms with Crippen LogP contribution in [0.1, 0.15) is 47.4 Å². The molecule has 45 heavy (non-hydrogen) atoms. The van der Waals surface area contributed by atoms with E-state index >= 15 is 4.39 Å². The summed E-state index contributed by atoms with van der Waals surface area (Å²) in [7, 11) is 1.27. The zero-order valence-electron chi connectivity index (χ0n) is 24.0. The van der Waals surface area contributed by atoms with Gasteiger partial charge in [-0.1, -0.05) is 0 Å². The van der Waals surface area contributed by atoms with Crippen molar-refractivity contribution in [3.63, 3.8) is 0 Å². The number of methoxy groups -OCH3 is 1. The number of primary amides is 1. The van der Waals surface area contributed by atoms with E-state index in [4.69, 9.17) is 15.2 Å². The Morgan fingerprint density at radius 1 is 1.13 bits per heavy atom. The fourth-order valence-electron chi connectivity index (χ4n) is 4.86. The highest BCUT2D eigenvalue weighted by Gasteiger charge is 2.57. The molecule has 0 radical (unpaired) electrons. The van der Waals surface area contributed by atoms with Crippen LogP contribution in [0, 0.1) is 11.8 Å². The number of fused-ring (bicyclic) bond motifs is 1. The first-order valence-corrected chi connectivity index (χ1v) is 13.8. The second-order valence-corrected chi connectivity index (χ2v) is 10.5. The van der Waals surface area contributed by atoms with E-state index in [1.807, 2.05) is 0 Å².